The molecule has 0 radical (unpaired) electrons. The van der Waals surface area contributed by atoms with Gasteiger partial charge in [-0.2, -0.15) is 0 Å². The normalized spacial score (nSPS) is 17.3. The van der Waals surface area contributed by atoms with Crippen LogP contribution in [0.15, 0.2) is 33.7 Å². The first-order chi connectivity index (χ1) is 12.5. The van der Waals surface area contributed by atoms with E-state index in [1.54, 1.807) is 19.0 Å². The fourth-order valence-electron chi connectivity index (χ4n) is 3.01. The number of likely N-dealkylation sites (N-methyl/N-ethyl adjacent to an activating group) is 2. The Labute approximate surface area is 188 Å². The van der Waals surface area contributed by atoms with Crippen LogP contribution in [0.2, 0.25) is 0 Å². The van der Waals surface area contributed by atoms with Gasteiger partial charge in [0.15, 0.2) is 5.96 Å². The molecule has 1 aromatic carbocycles. The number of guanidine groups is 1. The molecule has 152 valence electrons. The smallest absolute Gasteiger partial charge is 0.241 e. The molecule has 1 heterocycles. The Morgan fingerprint density at radius 1 is 1.30 bits per heavy atom. The molecule has 0 saturated carbocycles. The maximum atomic E-state index is 11.9. The highest BCUT2D eigenvalue weighted by atomic mass is 127. The third-order valence-corrected chi connectivity index (χ3v) is 5.18. The Kier molecular flexibility index (Phi) is 11.2. The maximum Gasteiger partial charge on any atom is 0.241 e. The lowest BCUT2D eigenvalue weighted by Gasteiger charge is -2.24. The molecule has 1 aliphatic heterocycles. The fraction of sp³-hybridized carbons (Fsp3) is 0.579. The van der Waals surface area contributed by atoms with Gasteiger partial charge in [-0.15, -0.1) is 24.0 Å². The molecule has 1 atom stereocenters. The first-order valence-electron chi connectivity index (χ1n) is 9.20. The molecular weight excluding hydrogens is 521 g/mol. The van der Waals surface area contributed by atoms with Crippen molar-refractivity contribution in [2.45, 2.75) is 32.4 Å². The van der Waals surface area contributed by atoms with E-state index in [2.05, 4.69) is 43.4 Å². The van der Waals surface area contributed by atoms with Gasteiger partial charge in [-0.25, -0.2) is 4.99 Å². The van der Waals surface area contributed by atoms with E-state index >= 15 is 0 Å². The average Bonchev–Trinajstić information content (AvgIpc) is 3.09. The summed E-state index contributed by atoms with van der Waals surface area (Å²) in [6.07, 6.45) is 2.45. The minimum Gasteiger partial charge on any atom is -0.355 e. The first-order valence-corrected chi connectivity index (χ1v) is 9.99. The summed E-state index contributed by atoms with van der Waals surface area (Å²) in [6, 6.07) is 8.65. The predicted octanol–water partition coefficient (Wildman–Crippen LogP) is 2.67. The molecule has 2 rings (SSSR count). The van der Waals surface area contributed by atoms with Crippen molar-refractivity contribution in [2.75, 3.05) is 40.3 Å². The van der Waals surface area contributed by atoms with Crippen LogP contribution in [0.25, 0.3) is 0 Å². The number of hydrogen-bond donors (Lipinski definition) is 2. The molecule has 0 bridgehead atoms. The highest BCUT2D eigenvalue weighted by Gasteiger charge is 2.22. The second kappa shape index (κ2) is 12.6. The van der Waals surface area contributed by atoms with Crippen molar-refractivity contribution in [3.8, 4) is 0 Å². The summed E-state index contributed by atoms with van der Waals surface area (Å²) < 4.78 is 1.05. The first kappa shape index (κ1) is 24.2. The number of amides is 1. The fourth-order valence-corrected chi connectivity index (χ4v) is 3.27. The van der Waals surface area contributed by atoms with Crippen LogP contribution >= 0.6 is 39.9 Å². The Morgan fingerprint density at radius 2 is 2.00 bits per heavy atom. The third-order valence-electron chi connectivity index (χ3n) is 4.65. The molecule has 8 heteroatoms. The summed E-state index contributed by atoms with van der Waals surface area (Å²) in [7, 11) is 3.52. The molecule has 1 amide bonds. The van der Waals surface area contributed by atoms with Gasteiger partial charge in [0.2, 0.25) is 5.91 Å². The van der Waals surface area contributed by atoms with E-state index in [-0.39, 0.29) is 36.4 Å². The Balaban J connectivity index is 0.00000364. The van der Waals surface area contributed by atoms with Crippen LogP contribution in [-0.2, 0) is 11.3 Å². The molecule has 1 fully saturated rings. The number of likely N-dealkylation sites (tertiary alicyclic amines) is 1. The number of rotatable bonds is 7. The molecule has 1 aromatic rings. The number of benzene rings is 1. The van der Waals surface area contributed by atoms with Gasteiger partial charge < -0.3 is 15.5 Å². The Bertz CT molecular complexity index is 609. The zero-order valence-electron chi connectivity index (χ0n) is 16.4. The molecule has 6 nitrogen and oxygen atoms in total. The van der Waals surface area contributed by atoms with Crippen molar-refractivity contribution < 1.29 is 4.79 Å². The molecular formula is C19H31BrIN5O. The lowest BCUT2D eigenvalue weighted by Crippen LogP contribution is -2.47. The van der Waals surface area contributed by atoms with Gasteiger partial charge in [0.05, 0.1) is 13.1 Å². The van der Waals surface area contributed by atoms with Crippen LogP contribution in [-0.4, -0.2) is 68.0 Å². The summed E-state index contributed by atoms with van der Waals surface area (Å²) in [6.45, 7) is 6.10. The number of halogens is 2. The van der Waals surface area contributed by atoms with Crippen molar-refractivity contribution >= 4 is 51.8 Å². The molecule has 27 heavy (non-hydrogen) atoms. The van der Waals surface area contributed by atoms with Gasteiger partial charge in [-0.05, 0) is 43.6 Å². The molecule has 1 aliphatic rings. The van der Waals surface area contributed by atoms with E-state index in [4.69, 9.17) is 0 Å². The van der Waals surface area contributed by atoms with Gasteiger partial charge >= 0.3 is 0 Å². The highest BCUT2D eigenvalue weighted by molar-refractivity contribution is 14.0. The van der Waals surface area contributed by atoms with Crippen molar-refractivity contribution in [3.05, 3.63) is 34.3 Å². The summed E-state index contributed by atoms with van der Waals surface area (Å²) in [5.41, 5.74) is 1.13. The molecule has 2 N–H and O–H groups in total. The molecule has 1 unspecified atom stereocenters. The van der Waals surface area contributed by atoms with Gasteiger partial charge in [0.1, 0.15) is 0 Å². The van der Waals surface area contributed by atoms with Gasteiger partial charge in [-0.3, -0.25) is 9.69 Å². The third kappa shape index (κ3) is 8.35. The minimum absolute atomic E-state index is 0. The second-order valence-corrected chi connectivity index (χ2v) is 7.65. The lowest BCUT2D eigenvalue weighted by molar-refractivity contribution is -0.127. The van der Waals surface area contributed by atoms with Crippen LogP contribution in [0, 0.1) is 0 Å². The van der Waals surface area contributed by atoms with Crippen LogP contribution in [0.5, 0.6) is 0 Å². The number of carbonyl (C=O) groups is 1. The molecule has 1 saturated heterocycles. The molecule has 0 spiro atoms. The van der Waals surface area contributed by atoms with Crippen molar-refractivity contribution in [1.29, 1.82) is 0 Å². The minimum atomic E-state index is 0. The zero-order valence-corrected chi connectivity index (χ0v) is 20.3. The van der Waals surface area contributed by atoms with Crippen LogP contribution in [0.1, 0.15) is 25.3 Å². The molecule has 0 aliphatic carbocycles. The summed E-state index contributed by atoms with van der Waals surface area (Å²) in [5.74, 6) is 0.713. The standard InChI is InChI=1S/C19H30BrN5O.HI/c1-4-25-11-5-6-17(25)13-22-19(23-14-18(26)24(2)3)21-12-15-7-9-16(20)10-8-15;/h7-10,17H,4-6,11-14H2,1-3H3,(H2,21,22,23);1H. The van der Waals surface area contributed by atoms with E-state index in [1.165, 1.54) is 19.4 Å². The lowest BCUT2D eigenvalue weighted by atomic mass is 10.2. The Morgan fingerprint density at radius 3 is 2.63 bits per heavy atom. The monoisotopic (exact) mass is 551 g/mol. The van der Waals surface area contributed by atoms with Crippen molar-refractivity contribution in [3.63, 3.8) is 0 Å². The number of aliphatic imine (C=N–C) groups is 1. The van der Waals surface area contributed by atoms with Crippen LogP contribution < -0.4 is 10.6 Å². The summed E-state index contributed by atoms with van der Waals surface area (Å²) >= 11 is 3.45. The van der Waals surface area contributed by atoms with Crippen molar-refractivity contribution in [2.24, 2.45) is 4.99 Å². The zero-order chi connectivity index (χ0) is 18.9. The maximum absolute atomic E-state index is 11.9. The van der Waals surface area contributed by atoms with Gasteiger partial charge in [-0.1, -0.05) is 35.0 Å². The number of nitrogens with zero attached hydrogens (tertiary/aromatic N) is 3. The number of carbonyl (C=O) groups excluding carboxylic acids is 1. The summed E-state index contributed by atoms with van der Waals surface area (Å²) in [4.78, 5) is 20.6. The Hall–Kier alpha value is -0.870. The predicted molar refractivity (Wildman–Crippen MR) is 126 cm³/mol. The average molecular weight is 552 g/mol. The van der Waals surface area contributed by atoms with Crippen LogP contribution in [0.3, 0.4) is 0 Å². The SMILES string of the molecule is CCN1CCCC1CNC(=NCc1ccc(Br)cc1)NCC(=O)N(C)C.I. The van der Waals surface area contributed by atoms with E-state index < -0.39 is 0 Å². The number of hydrogen-bond acceptors (Lipinski definition) is 3. The highest BCUT2D eigenvalue weighted by Crippen LogP contribution is 2.15. The molecule has 0 aromatic heterocycles. The summed E-state index contributed by atoms with van der Waals surface area (Å²) in [5, 5.41) is 6.58. The van der Waals surface area contributed by atoms with Gasteiger partial charge in [0, 0.05) is 31.2 Å². The van der Waals surface area contributed by atoms with E-state index in [0.717, 1.165) is 23.1 Å². The quantitative estimate of drug-likeness (QED) is 0.311. The van der Waals surface area contributed by atoms with Gasteiger partial charge in [0.25, 0.3) is 0 Å². The largest absolute Gasteiger partial charge is 0.355 e. The van der Waals surface area contributed by atoms with Crippen molar-refractivity contribution in [1.82, 2.24) is 20.4 Å². The van der Waals surface area contributed by atoms with E-state index in [0.29, 0.717) is 18.5 Å². The van der Waals surface area contributed by atoms with Crippen LogP contribution in [0.4, 0.5) is 0 Å². The van der Waals surface area contributed by atoms with E-state index in [9.17, 15) is 4.79 Å². The van der Waals surface area contributed by atoms with E-state index in [1.807, 2.05) is 24.3 Å². The second-order valence-electron chi connectivity index (χ2n) is 6.74. The topological polar surface area (TPSA) is 60.0 Å². The number of nitrogens with one attached hydrogen (secondary N) is 2.